The molecule has 0 atom stereocenters. The van der Waals surface area contributed by atoms with Crippen molar-refractivity contribution in [2.45, 2.75) is 32.6 Å². The Labute approximate surface area is 144 Å². The van der Waals surface area contributed by atoms with Crippen LogP contribution in [0.2, 0.25) is 0 Å². The van der Waals surface area contributed by atoms with Gasteiger partial charge in [-0.15, -0.1) is 0 Å². The maximum Gasteiger partial charge on any atom is 0.333 e. The Kier molecular flexibility index (Phi) is 9.28. The highest BCUT2D eigenvalue weighted by Crippen LogP contribution is 2.14. The molecule has 0 aromatic heterocycles. The zero-order valence-corrected chi connectivity index (χ0v) is 14.1. The Balaban J connectivity index is 2.10. The van der Waals surface area contributed by atoms with E-state index in [0.717, 1.165) is 37.0 Å². The molecular formula is C19H23BO4. The summed E-state index contributed by atoms with van der Waals surface area (Å²) in [6.45, 7) is 6.25. The Morgan fingerprint density at radius 1 is 1.08 bits per heavy atom. The van der Waals surface area contributed by atoms with Crippen LogP contribution in [0.25, 0.3) is 6.08 Å². The lowest BCUT2D eigenvalue weighted by molar-refractivity contribution is -0.139. The fourth-order valence-corrected chi connectivity index (χ4v) is 1.89. The molecule has 0 saturated carbocycles. The molecule has 0 saturated heterocycles. The highest BCUT2D eigenvalue weighted by molar-refractivity contribution is 6.61. The van der Waals surface area contributed by atoms with E-state index in [1.807, 2.05) is 24.3 Å². The van der Waals surface area contributed by atoms with Crippen LogP contribution in [-0.2, 0) is 14.3 Å². The maximum atomic E-state index is 11.2. The lowest BCUT2D eigenvalue weighted by Gasteiger charge is -2.07. The number of carbonyl (C=O) groups is 2. The standard InChI is InChI=1S/C19H23BO4/c1-15(2)19(22)24-14-6-4-3-5-13-23-17-10-7-16(8-11-17)9-12-18(20)21/h7-12H,1,3-6,13-14H2,2H3/b12-9+. The van der Waals surface area contributed by atoms with Crippen LogP contribution in [0.5, 0.6) is 5.75 Å². The lowest BCUT2D eigenvalue weighted by atomic mass is 10.0. The number of unbranched alkanes of at least 4 members (excludes halogenated alkanes) is 3. The van der Waals surface area contributed by atoms with Gasteiger partial charge >= 0.3 is 5.97 Å². The number of ether oxygens (including phenoxy) is 2. The Bertz CT molecular complexity index is 576. The van der Waals surface area contributed by atoms with Crippen LogP contribution in [-0.4, -0.2) is 32.7 Å². The van der Waals surface area contributed by atoms with Crippen molar-refractivity contribution in [3.63, 3.8) is 0 Å². The van der Waals surface area contributed by atoms with Crippen molar-refractivity contribution >= 4 is 25.6 Å². The van der Waals surface area contributed by atoms with E-state index in [1.54, 1.807) is 13.0 Å². The number of benzene rings is 1. The van der Waals surface area contributed by atoms with Gasteiger partial charge in [-0.3, -0.25) is 0 Å². The highest BCUT2D eigenvalue weighted by Gasteiger charge is 2.01. The van der Waals surface area contributed by atoms with Crippen LogP contribution in [0.15, 0.2) is 42.5 Å². The number of hydrogen-bond donors (Lipinski definition) is 0. The van der Waals surface area contributed by atoms with Gasteiger partial charge in [0.15, 0.2) is 7.85 Å². The van der Waals surface area contributed by atoms with Gasteiger partial charge in [0.1, 0.15) is 5.75 Å². The second kappa shape index (κ2) is 11.3. The van der Waals surface area contributed by atoms with Gasteiger partial charge in [-0.05, 0) is 56.4 Å². The first-order valence-corrected chi connectivity index (χ1v) is 8.02. The van der Waals surface area contributed by atoms with Crippen molar-refractivity contribution in [1.29, 1.82) is 0 Å². The third-order valence-electron chi connectivity index (χ3n) is 3.21. The summed E-state index contributed by atoms with van der Waals surface area (Å²) >= 11 is 0. The molecule has 0 aliphatic rings. The summed E-state index contributed by atoms with van der Waals surface area (Å²) in [5.41, 5.74) is 0.856. The van der Waals surface area contributed by atoms with Crippen molar-refractivity contribution in [2.24, 2.45) is 0 Å². The van der Waals surface area contributed by atoms with Gasteiger partial charge in [0, 0.05) is 5.57 Å². The van der Waals surface area contributed by atoms with E-state index in [2.05, 4.69) is 6.58 Å². The minimum absolute atomic E-state index is 0.326. The average Bonchev–Trinajstić information content (AvgIpc) is 2.56. The van der Waals surface area contributed by atoms with Crippen LogP contribution in [0.1, 0.15) is 38.2 Å². The van der Waals surface area contributed by atoms with Crippen molar-refractivity contribution in [1.82, 2.24) is 0 Å². The molecular weight excluding hydrogens is 303 g/mol. The molecule has 0 aliphatic carbocycles. The first-order valence-electron chi connectivity index (χ1n) is 8.02. The zero-order valence-electron chi connectivity index (χ0n) is 14.1. The van der Waals surface area contributed by atoms with Gasteiger partial charge in [0.2, 0.25) is 0 Å². The predicted molar refractivity (Wildman–Crippen MR) is 96.0 cm³/mol. The molecule has 1 aromatic carbocycles. The van der Waals surface area contributed by atoms with E-state index >= 15 is 0 Å². The van der Waals surface area contributed by atoms with Gasteiger partial charge in [0.25, 0.3) is 0 Å². The molecule has 0 heterocycles. The molecule has 1 aromatic rings. The van der Waals surface area contributed by atoms with E-state index in [1.165, 1.54) is 6.08 Å². The fraction of sp³-hybridized carbons (Fsp3) is 0.368. The molecule has 0 aliphatic heterocycles. The topological polar surface area (TPSA) is 52.6 Å². The fourth-order valence-electron chi connectivity index (χ4n) is 1.89. The summed E-state index contributed by atoms with van der Waals surface area (Å²) in [4.78, 5) is 21.8. The van der Waals surface area contributed by atoms with E-state index in [4.69, 9.17) is 17.3 Å². The zero-order chi connectivity index (χ0) is 17.8. The minimum atomic E-state index is -0.468. The molecule has 126 valence electrons. The molecule has 1 rings (SSSR count). The number of hydrogen-bond acceptors (Lipinski definition) is 4. The monoisotopic (exact) mass is 326 g/mol. The summed E-state index contributed by atoms with van der Waals surface area (Å²) in [5.74, 6) is 0.467. The summed E-state index contributed by atoms with van der Waals surface area (Å²) in [7, 11) is 5.04. The van der Waals surface area contributed by atoms with Crippen LogP contribution >= 0.6 is 0 Å². The van der Waals surface area contributed by atoms with Crippen molar-refractivity contribution in [2.75, 3.05) is 13.2 Å². The van der Waals surface area contributed by atoms with E-state index in [0.29, 0.717) is 18.8 Å². The molecule has 0 spiro atoms. The first-order chi connectivity index (χ1) is 11.5. The third-order valence-corrected chi connectivity index (χ3v) is 3.21. The molecule has 0 amide bonds. The summed E-state index contributed by atoms with van der Waals surface area (Å²) < 4.78 is 10.7. The normalized spacial score (nSPS) is 10.5. The lowest BCUT2D eigenvalue weighted by Crippen LogP contribution is -2.06. The van der Waals surface area contributed by atoms with Crippen molar-refractivity contribution in [3.05, 3.63) is 48.1 Å². The highest BCUT2D eigenvalue weighted by atomic mass is 16.5. The third kappa shape index (κ3) is 8.98. The maximum absolute atomic E-state index is 11.2. The Morgan fingerprint density at radius 3 is 2.29 bits per heavy atom. The van der Waals surface area contributed by atoms with E-state index in [9.17, 15) is 9.59 Å². The Morgan fingerprint density at radius 2 is 1.71 bits per heavy atom. The predicted octanol–water partition coefficient (Wildman–Crippen LogP) is 3.45. The van der Waals surface area contributed by atoms with Gasteiger partial charge < -0.3 is 14.3 Å². The number of allylic oxidation sites excluding steroid dienone is 1. The average molecular weight is 326 g/mol. The molecule has 5 heteroatoms. The van der Waals surface area contributed by atoms with E-state index < -0.39 is 5.68 Å². The van der Waals surface area contributed by atoms with E-state index in [-0.39, 0.29) is 5.97 Å². The molecule has 2 radical (unpaired) electrons. The molecule has 0 unspecified atom stereocenters. The van der Waals surface area contributed by atoms with Crippen LogP contribution in [0.3, 0.4) is 0 Å². The number of rotatable bonds is 11. The largest absolute Gasteiger partial charge is 0.494 e. The van der Waals surface area contributed by atoms with Gasteiger partial charge in [0.05, 0.1) is 18.9 Å². The molecule has 24 heavy (non-hydrogen) atoms. The van der Waals surface area contributed by atoms with Crippen LogP contribution < -0.4 is 4.74 Å². The van der Waals surface area contributed by atoms with Crippen molar-refractivity contribution < 1.29 is 19.1 Å². The molecule has 0 fully saturated rings. The number of carbonyl (C=O) groups excluding carboxylic acids is 2. The van der Waals surface area contributed by atoms with Gasteiger partial charge in [-0.2, -0.15) is 0 Å². The first kappa shape index (κ1) is 19.8. The molecule has 4 nitrogen and oxygen atoms in total. The van der Waals surface area contributed by atoms with Gasteiger partial charge in [-0.1, -0.05) is 24.8 Å². The molecule has 0 bridgehead atoms. The summed E-state index contributed by atoms with van der Waals surface area (Å²) in [6.07, 6.45) is 6.78. The van der Waals surface area contributed by atoms with Crippen LogP contribution in [0.4, 0.5) is 0 Å². The molecule has 0 N–H and O–H groups in total. The minimum Gasteiger partial charge on any atom is -0.494 e. The quantitative estimate of drug-likeness (QED) is 0.270. The smallest absolute Gasteiger partial charge is 0.333 e. The Hall–Kier alpha value is -2.30. The second-order valence-electron chi connectivity index (χ2n) is 5.48. The summed E-state index contributed by atoms with van der Waals surface area (Å²) in [6, 6.07) is 7.45. The van der Waals surface area contributed by atoms with Crippen LogP contribution in [0, 0.1) is 0 Å². The second-order valence-corrected chi connectivity index (χ2v) is 5.48. The number of esters is 1. The van der Waals surface area contributed by atoms with Gasteiger partial charge in [-0.25, -0.2) is 4.79 Å². The SMILES string of the molecule is [B]C(=O)/C=C/c1ccc(OCCCCCCOC(=O)C(=C)C)cc1. The van der Waals surface area contributed by atoms with Crippen molar-refractivity contribution in [3.8, 4) is 5.75 Å². The summed E-state index contributed by atoms with van der Waals surface area (Å²) in [5, 5.41) is 0.